The smallest absolute Gasteiger partial charge is 0.303 e. The van der Waals surface area contributed by atoms with Crippen LogP contribution in [0.25, 0.3) is 0 Å². The fourth-order valence-corrected chi connectivity index (χ4v) is 2.78. The average Bonchev–Trinajstić information content (AvgIpc) is 2.45. The van der Waals surface area contributed by atoms with E-state index in [9.17, 15) is 4.79 Å². The second-order valence-electron chi connectivity index (χ2n) is 5.38. The highest BCUT2D eigenvalue weighted by molar-refractivity contribution is 5.66. The Kier molecular flexibility index (Phi) is 5.25. The number of benzene rings is 1. The lowest BCUT2D eigenvalue weighted by Gasteiger charge is -2.22. The highest BCUT2D eigenvalue weighted by atomic mass is 16.4. The van der Waals surface area contributed by atoms with Crippen molar-refractivity contribution in [2.75, 3.05) is 11.9 Å². The first-order valence-electron chi connectivity index (χ1n) is 7.31. The molecule has 1 aliphatic carbocycles. The van der Waals surface area contributed by atoms with Crippen molar-refractivity contribution in [3.8, 4) is 0 Å². The quantitative estimate of drug-likeness (QED) is 0.761. The van der Waals surface area contributed by atoms with Crippen LogP contribution in [0.5, 0.6) is 0 Å². The second kappa shape index (κ2) is 7.17. The topological polar surface area (TPSA) is 49.3 Å². The van der Waals surface area contributed by atoms with Gasteiger partial charge >= 0.3 is 5.97 Å². The highest BCUT2D eigenvalue weighted by Crippen LogP contribution is 2.32. The van der Waals surface area contributed by atoms with Crippen LogP contribution in [0.3, 0.4) is 0 Å². The maximum Gasteiger partial charge on any atom is 0.303 e. The number of aliphatic carboxylic acids is 1. The number of hydrogen-bond acceptors (Lipinski definition) is 2. The Bertz CT molecular complexity index is 394. The SMILES string of the molecule is O=C(O)CCCNc1ccc(C2CCCCC2)cc1. The van der Waals surface area contributed by atoms with E-state index < -0.39 is 5.97 Å². The molecule has 0 atom stereocenters. The molecular formula is C16H23NO2. The van der Waals surface area contributed by atoms with Crippen LogP contribution in [0.2, 0.25) is 0 Å². The fourth-order valence-electron chi connectivity index (χ4n) is 2.78. The molecule has 1 fully saturated rings. The minimum absolute atomic E-state index is 0.229. The Morgan fingerprint density at radius 3 is 2.47 bits per heavy atom. The third-order valence-corrected chi connectivity index (χ3v) is 3.88. The van der Waals surface area contributed by atoms with E-state index in [0.717, 1.165) is 18.2 Å². The van der Waals surface area contributed by atoms with Crippen molar-refractivity contribution in [1.82, 2.24) is 0 Å². The molecule has 0 bridgehead atoms. The Labute approximate surface area is 115 Å². The van der Waals surface area contributed by atoms with Gasteiger partial charge in [0.05, 0.1) is 0 Å². The van der Waals surface area contributed by atoms with Crippen LogP contribution in [0.4, 0.5) is 5.69 Å². The number of anilines is 1. The maximum absolute atomic E-state index is 10.4. The molecule has 0 unspecified atom stereocenters. The Morgan fingerprint density at radius 2 is 1.84 bits per heavy atom. The molecule has 19 heavy (non-hydrogen) atoms. The van der Waals surface area contributed by atoms with Crippen molar-refractivity contribution in [2.24, 2.45) is 0 Å². The molecule has 1 aromatic carbocycles. The Morgan fingerprint density at radius 1 is 1.16 bits per heavy atom. The number of carbonyl (C=O) groups is 1. The van der Waals surface area contributed by atoms with Crippen LogP contribution < -0.4 is 5.32 Å². The lowest BCUT2D eigenvalue weighted by atomic mass is 9.84. The van der Waals surface area contributed by atoms with E-state index in [-0.39, 0.29) is 6.42 Å². The zero-order chi connectivity index (χ0) is 13.5. The summed E-state index contributed by atoms with van der Waals surface area (Å²) in [5, 5.41) is 11.8. The van der Waals surface area contributed by atoms with Gasteiger partial charge in [0.25, 0.3) is 0 Å². The van der Waals surface area contributed by atoms with Crippen molar-refractivity contribution < 1.29 is 9.90 Å². The van der Waals surface area contributed by atoms with E-state index in [1.54, 1.807) is 0 Å². The van der Waals surface area contributed by atoms with Crippen LogP contribution in [-0.2, 0) is 4.79 Å². The standard InChI is InChI=1S/C16H23NO2/c18-16(19)7-4-12-17-15-10-8-14(9-11-15)13-5-2-1-3-6-13/h8-11,13,17H,1-7,12H2,(H,18,19). The summed E-state index contributed by atoms with van der Waals surface area (Å²) in [5.74, 6) is 0.0178. The summed E-state index contributed by atoms with van der Waals surface area (Å²) < 4.78 is 0. The molecule has 1 saturated carbocycles. The number of nitrogens with one attached hydrogen (secondary N) is 1. The van der Waals surface area contributed by atoms with Gasteiger partial charge in [-0.15, -0.1) is 0 Å². The van der Waals surface area contributed by atoms with Crippen LogP contribution in [-0.4, -0.2) is 17.6 Å². The van der Waals surface area contributed by atoms with Gasteiger partial charge in [0.1, 0.15) is 0 Å². The number of hydrogen-bond donors (Lipinski definition) is 2. The van der Waals surface area contributed by atoms with Gasteiger partial charge in [-0.25, -0.2) is 0 Å². The van der Waals surface area contributed by atoms with Crippen LogP contribution >= 0.6 is 0 Å². The minimum Gasteiger partial charge on any atom is -0.481 e. The van der Waals surface area contributed by atoms with E-state index in [2.05, 4.69) is 29.6 Å². The average molecular weight is 261 g/mol. The van der Waals surface area contributed by atoms with Crippen molar-refractivity contribution in [3.63, 3.8) is 0 Å². The molecule has 3 nitrogen and oxygen atoms in total. The van der Waals surface area contributed by atoms with E-state index in [4.69, 9.17) is 5.11 Å². The molecule has 104 valence electrons. The number of carboxylic acid groups (broad SMARTS) is 1. The third-order valence-electron chi connectivity index (χ3n) is 3.88. The molecule has 0 amide bonds. The molecule has 2 N–H and O–H groups in total. The molecule has 0 radical (unpaired) electrons. The number of rotatable bonds is 6. The summed E-state index contributed by atoms with van der Waals surface area (Å²) in [6.07, 6.45) is 7.66. The van der Waals surface area contributed by atoms with Crippen molar-refractivity contribution in [2.45, 2.75) is 50.9 Å². The summed E-state index contributed by atoms with van der Waals surface area (Å²) in [5.41, 5.74) is 2.54. The molecule has 0 heterocycles. The largest absolute Gasteiger partial charge is 0.481 e. The van der Waals surface area contributed by atoms with E-state index in [0.29, 0.717) is 6.42 Å². The van der Waals surface area contributed by atoms with Crippen molar-refractivity contribution in [3.05, 3.63) is 29.8 Å². The molecule has 0 aliphatic heterocycles. The predicted molar refractivity (Wildman–Crippen MR) is 77.6 cm³/mol. The van der Waals surface area contributed by atoms with Crippen molar-refractivity contribution >= 4 is 11.7 Å². The molecule has 1 aliphatic rings. The predicted octanol–water partition coefficient (Wildman–Crippen LogP) is 4.01. The maximum atomic E-state index is 10.4. The normalized spacial score (nSPS) is 16.2. The zero-order valence-corrected chi connectivity index (χ0v) is 11.4. The van der Waals surface area contributed by atoms with E-state index in [1.807, 2.05) is 0 Å². The molecular weight excluding hydrogens is 238 g/mol. The van der Waals surface area contributed by atoms with Crippen molar-refractivity contribution in [1.29, 1.82) is 0 Å². The monoisotopic (exact) mass is 261 g/mol. The first-order valence-corrected chi connectivity index (χ1v) is 7.31. The first-order chi connectivity index (χ1) is 9.25. The molecule has 2 rings (SSSR count). The summed E-state index contributed by atoms with van der Waals surface area (Å²) in [4.78, 5) is 10.4. The number of carboxylic acids is 1. The van der Waals surface area contributed by atoms with Gasteiger partial charge in [-0.2, -0.15) is 0 Å². The molecule has 1 aromatic rings. The van der Waals surface area contributed by atoms with Gasteiger partial charge in [-0.05, 0) is 42.9 Å². The summed E-state index contributed by atoms with van der Waals surface area (Å²) in [7, 11) is 0. The summed E-state index contributed by atoms with van der Waals surface area (Å²) >= 11 is 0. The lowest BCUT2D eigenvalue weighted by Crippen LogP contribution is -2.06. The molecule has 3 heteroatoms. The Balaban J connectivity index is 1.79. The first kappa shape index (κ1) is 13.9. The fraction of sp³-hybridized carbons (Fsp3) is 0.562. The van der Waals surface area contributed by atoms with Crippen LogP contribution in [0.15, 0.2) is 24.3 Å². The summed E-state index contributed by atoms with van der Waals surface area (Å²) in [6.45, 7) is 0.717. The van der Waals surface area contributed by atoms with Gasteiger partial charge in [-0.3, -0.25) is 4.79 Å². The van der Waals surface area contributed by atoms with Crippen LogP contribution in [0, 0.1) is 0 Å². The minimum atomic E-state index is -0.727. The second-order valence-corrected chi connectivity index (χ2v) is 5.38. The third kappa shape index (κ3) is 4.58. The van der Waals surface area contributed by atoms with Gasteiger partial charge in [0.15, 0.2) is 0 Å². The van der Waals surface area contributed by atoms with Gasteiger partial charge < -0.3 is 10.4 Å². The zero-order valence-electron chi connectivity index (χ0n) is 11.4. The molecule has 0 aromatic heterocycles. The molecule has 0 spiro atoms. The van der Waals surface area contributed by atoms with Crippen LogP contribution in [0.1, 0.15) is 56.4 Å². The summed E-state index contributed by atoms with van der Waals surface area (Å²) in [6, 6.07) is 8.67. The van der Waals surface area contributed by atoms with Gasteiger partial charge in [0, 0.05) is 18.7 Å². The van der Waals surface area contributed by atoms with Gasteiger partial charge in [-0.1, -0.05) is 31.4 Å². The lowest BCUT2D eigenvalue weighted by molar-refractivity contribution is -0.137. The van der Waals surface area contributed by atoms with E-state index in [1.165, 1.54) is 37.7 Å². The van der Waals surface area contributed by atoms with Gasteiger partial charge in [0.2, 0.25) is 0 Å². The Hall–Kier alpha value is -1.51. The molecule has 0 saturated heterocycles. The highest BCUT2D eigenvalue weighted by Gasteiger charge is 2.14. The van der Waals surface area contributed by atoms with E-state index >= 15 is 0 Å².